The van der Waals surface area contributed by atoms with E-state index in [0.717, 1.165) is 27.5 Å². The van der Waals surface area contributed by atoms with Crippen molar-refractivity contribution in [1.29, 1.82) is 5.26 Å². The standard InChI is InChI=1S/C31H16BN3/c33-17-18-16-27-29-31-28(18)21-9-2-5-14-25(21)34(31)26-15-6-3-11-22(26)32(29)23-12-7-10-20-19-8-1-4-13-24(19)35(27)30(20)23/h1-16H. The first-order chi connectivity index (χ1) is 17.4. The van der Waals surface area contributed by atoms with Crippen molar-refractivity contribution in [1.82, 2.24) is 9.13 Å². The number of hydrogen-bond acceptors (Lipinski definition) is 1. The fourth-order valence-electron chi connectivity index (χ4n) is 6.93. The van der Waals surface area contributed by atoms with Gasteiger partial charge in [0.25, 0.3) is 6.71 Å². The molecule has 0 radical (unpaired) electrons. The van der Waals surface area contributed by atoms with Gasteiger partial charge < -0.3 is 9.13 Å². The van der Waals surface area contributed by atoms with Gasteiger partial charge in [0.15, 0.2) is 0 Å². The zero-order valence-electron chi connectivity index (χ0n) is 18.7. The number of rotatable bonds is 0. The normalized spacial score (nSPS) is 13.1. The van der Waals surface area contributed by atoms with Crippen molar-refractivity contribution in [3.05, 3.63) is 103 Å². The Balaban J connectivity index is 1.65. The van der Waals surface area contributed by atoms with Crippen LogP contribution in [0.4, 0.5) is 0 Å². The predicted octanol–water partition coefficient (Wildman–Crippen LogP) is 4.90. The minimum atomic E-state index is 0.119. The number of nitriles is 1. The van der Waals surface area contributed by atoms with Gasteiger partial charge in [-0.1, -0.05) is 72.8 Å². The van der Waals surface area contributed by atoms with E-state index in [4.69, 9.17) is 0 Å². The van der Waals surface area contributed by atoms with E-state index in [1.165, 1.54) is 49.4 Å². The average molecular weight is 441 g/mol. The molecule has 0 saturated carbocycles. The molecule has 0 spiro atoms. The van der Waals surface area contributed by atoms with E-state index in [1.807, 2.05) is 0 Å². The molecule has 2 aromatic heterocycles. The number of benzene rings is 5. The van der Waals surface area contributed by atoms with Gasteiger partial charge in [0.05, 0.1) is 28.2 Å². The Kier molecular flexibility index (Phi) is 2.95. The van der Waals surface area contributed by atoms with E-state index < -0.39 is 0 Å². The molecule has 0 N–H and O–H groups in total. The number of aromatic nitrogens is 2. The second kappa shape index (κ2) is 5.84. The lowest BCUT2D eigenvalue weighted by molar-refractivity contribution is 1.16. The van der Waals surface area contributed by atoms with Crippen molar-refractivity contribution in [2.75, 3.05) is 0 Å². The van der Waals surface area contributed by atoms with Crippen LogP contribution in [-0.2, 0) is 0 Å². The molecule has 5 aromatic carbocycles. The molecule has 0 atom stereocenters. The molecular formula is C31H16BN3. The molecular weight excluding hydrogens is 425 g/mol. The minimum absolute atomic E-state index is 0.119. The third-order valence-corrected chi connectivity index (χ3v) is 8.13. The van der Waals surface area contributed by atoms with Crippen molar-refractivity contribution in [3.8, 4) is 17.4 Å². The number of para-hydroxylation sites is 4. The van der Waals surface area contributed by atoms with Crippen LogP contribution in [0.15, 0.2) is 97.1 Å². The van der Waals surface area contributed by atoms with E-state index in [1.54, 1.807) is 0 Å². The fraction of sp³-hybridized carbons (Fsp3) is 0. The first-order valence-corrected chi connectivity index (χ1v) is 12.0. The van der Waals surface area contributed by atoms with Gasteiger partial charge in [-0.05, 0) is 40.7 Å². The number of hydrogen-bond donors (Lipinski definition) is 0. The molecule has 2 aliphatic heterocycles. The molecule has 0 fully saturated rings. The van der Waals surface area contributed by atoms with Crippen molar-refractivity contribution in [3.63, 3.8) is 0 Å². The molecule has 158 valence electrons. The zero-order chi connectivity index (χ0) is 22.8. The highest BCUT2D eigenvalue weighted by molar-refractivity contribution is 7.00. The lowest BCUT2D eigenvalue weighted by atomic mass is 9.34. The molecule has 3 nitrogen and oxygen atoms in total. The Morgan fingerprint density at radius 2 is 1.26 bits per heavy atom. The Hall–Kier alpha value is -4.75. The Morgan fingerprint density at radius 3 is 2.11 bits per heavy atom. The summed E-state index contributed by atoms with van der Waals surface area (Å²) in [4.78, 5) is 0. The Bertz CT molecular complexity index is 2140. The summed E-state index contributed by atoms with van der Waals surface area (Å²) >= 11 is 0. The van der Waals surface area contributed by atoms with Gasteiger partial charge in [0.1, 0.15) is 0 Å². The van der Waals surface area contributed by atoms with E-state index >= 15 is 0 Å². The molecule has 0 saturated heterocycles. The summed E-state index contributed by atoms with van der Waals surface area (Å²) in [5.74, 6) is 0. The molecule has 4 heteroatoms. The van der Waals surface area contributed by atoms with E-state index in [2.05, 4.69) is 112 Å². The maximum atomic E-state index is 10.4. The minimum Gasteiger partial charge on any atom is -0.310 e. The predicted molar refractivity (Wildman–Crippen MR) is 144 cm³/mol. The number of fused-ring (bicyclic) bond motifs is 11. The van der Waals surface area contributed by atoms with Gasteiger partial charge in [-0.2, -0.15) is 5.26 Å². The van der Waals surface area contributed by atoms with Gasteiger partial charge in [-0.15, -0.1) is 0 Å². The second-order valence-corrected chi connectivity index (χ2v) is 9.63. The molecule has 0 bridgehead atoms. The van der Waals surface area contributed by atoms with Gasteiger partial charge in [0.2, 0.25) is 0 Å². The van der Waals surface area contributed by atoms with Crippen molar-refractivity contribution < 1.29 is 0 Å². The summed E-state index contributed by atoms with van der Waals surface area (Å²) in [6.45, 7) is 0.119. The molecule has 0 amide bonds. The van der Waals surface area contributed by atoms with Crippen molar-refractivity contribution in [2.24, 2.45) is 0 Å². The average Bonchev–Trinajstić information content (AvgIpc) is 3.44. The van der Waals surface area contributed by atoms with Gasteiger partial charge in [0, 0.05) is 38.4 Å². The molecule has 0 aliphatic carbocycles. The van der Waals surface area contributed by atoms with Crippen molar-refractivity contribution >= 4 is 66.7 Å². The molecule has 7 aromatic rings. The van der Waals surface area contributed by atoms with E-state index in [9.17, 15) is 5.26 Å². The van der Waals surface area contributed by atoms with Crippen LogP contribution in [0.1, 0.15) is 5.56 Å². The molecule has 35 heavy (non-hydrogen) atoms. The van der Waals surface area contributed by atoms with Crippen LogP contribution in [0.3, 0.4) is 0 Å². The first-order valence-electron chi connectivity index (χ1n) is 12.0. The summed E-state index contributed by atoms with van der Waals surface area (Å²) < 4.78 is 4.80. The maximum absolute atomic E-state index is 10.4. The topological polar surface area (TPSA) is 33.6 Å². The van der Waals surface area contributed by atoms with Crippen LogP contribution in [0.5, 0.6) is 0 Å². The fourth-order valence-corrected chi connectivity index (χ4v) is 6.93. The summed E-state index contributed by atoms with van der Waals surface area (Å²) in [6, 6.07) is 37.4. The molecule has 0 unspecified atom stereocenters. The largest absolute Gasteiger partial charge is 0.310 e. The van der Waals surface area contributed by atoms with Crippen LogP contribution in [0.2, 0.25) is 0 Å². The second-order valence-electron chi connectivity index (χ2n) is 9.63. The highest BCUT2D eigenvalue weighted by Crippen LogP contribution is 2.40. The van der Waals surface area contributed by atoms with E-state index in [0.29, 0.717) is 0 Å². The van der Waals surface area contributed by atoms with Gasteiger partial charge in [-0.25, -0.2) is 0 Å². The smallest absolute Gasteiger partial charge is 0.252 e. The Labute approximate surface area is 201 Å². The highest BCUT2D eigenvalue weighted by Gasteiger charge is 2.41. The van der Waals surface area contributed by atoms with Gasteiger partial charge >= 0.3 is 0 Å². The highest BCUT2D eigenvalue weighted by atomic mass is 15.0. The third kappa shape index (κ3) is 1.85. The monoisotopic (exact) mass is 441 g/mol. The first kappa shape index (κ1) is 17.7. The molecule has 2 aliphatic rings. The van der Waals surface area contributed by atoms with Crippen molar-refractivity contribution in [2.45, 2.75) is 0 Å². The lowest BCUT2D eigenvalue weighted by Crippen LogP contribution is -2.59. The lowest BCUT2D eigenvalue weighted by Gasteiger charge is -2.33. The van der Waals surface area contributed by atoms with Crippen LogP contribution < -0.4 is 16.4 Å². The number of nitrogens with zero attached hydrogens (tertiary/aromatic N) is 3. The summed E-state index contributed by atoms with van der Waals surface area (Å²) in [6.07, 6.45) is 0. The summed E-state index contributed by atoms with van der Waals surface area (Å²) in [5.41, 5.74) is 11.8. The summed E-state index contributed by atoms with van der Waals surface area (Å²) in [5, 5.41) is 15.1. The third-order valence-electron chi connectivity index (χ3n) is 8.13. The summed E-state index contributed by atoms with van der Waals surface area (Å²) in [7, 11) is 0. The van der Waals surface area contributed by atoms with Crippen LogP contribution >= 0.6 is 0 Å². The zero-order valence-corrected chi connectivity index (χ0v) is 18.7. The van der Waals surface area contributed by atoms with Crippen LogP contribution in [0, 0.1) is 11.3 Å². The maximum Gasteiger partial charge on any atom is 0.252 e. The van der Waals surface area contributed by atoms with Gasteiger partial charge in [-0.3, -0.25) is 0 Å². The quantitative estimate of drug-likeness (QED) is 0.309. The SMILES string of the molecule is N#Cc1cc2c3c4c1c1ccccc1n4-c1ccccc1B3c1cccc3c4ccccc4n-2c13. The molecule has 4 heterocycles. The Morgan fingerprint density at radius 1 is 0.600 bits per heavy atom. The van der Waals surface area contributed by atoms with Crippen LogP contribution in [-0.4, -0.2) is 15.8 Å². The van der Waals surface area contributed by atoms with E-state index in [-0.39, 0.29) is 6.71 Å². The molecule has 9 rings (SSSR count). The van der Waals surface area contributed by atoms with Crippen LogP contribution in [0.25, 0.3) is 55.0 Å².